The highest BCUT2D eigenvalue weighted by molar-refractivity contribution is 5.96. The molecule has 4 rings (SSSR count). The fraction of sp³-hybridized carbons (Fsp3) is 0.421. The first-order valence-corrected chi connectivity index (χ1v) is 8.46. The molecule has 24 heavy (non-hydrogen) atoms. The summed E-state index contributed by atoms with van der Waals surface area (Å²) in [7, 11) is 0. The summed E-state index contributed by atoms with van der Waals surface area (Å²) in [6, 6.07) is 7.13. The van der Waals surface area contributed by atoms with Crippen molar-refractivity contribution < 1.29 is 13.9 Å². The smallest absolute Gasteiger partial charge is 0.253 e. The molecule has 1 unspecified atom stereocenters. The molecule has 1 atom stereocenters. The SMILES string of the molecule is Cc1cc(C(=O)NC2CCOc3c(F)cccc32)c(C)n1C1CC1. The highest BCUT2D eigenvalue weighted by Crippen LogP contribution is 2.39. The van der Waals surface area contributed by atoms with Crippen LogP contribution >= 0.6 is 0 Å². The van der Waals surface area contributed by atoms with E-state index in [2.05, 4.69) is 9.88 Å². The van der Waals surface area contributed by atoms with E-state index in [-0.39, 0.29) is 23.5 Å². The molecule has 1 aromatic heterocycles. The Kier molecular flexibility index (Phi) is 3.59. The predicted molar refractivity (Wildman–Crippen MR) is 88.9 cm³/mol. The fourth-order valence-electron chi connectivity index (χ4n) is 3.67. The van der Waals surface area contributed by atoms with Gasteiger partial charge in [-0.2, -0.15) is 0 Å². The number of aromatic nitrogens is 1. The van der Waals surface area contributed by atoms with Crippen molar-refractivity contribution in [1.29, 1.82) is 0 Å². The number of hydrogen-bond acceptors (Lipinski definition) is 2. The van der Waals surface area contributed by atoms with Gasteiger partial charge in [0.25, 0.3) is 5.91 Å². The third-order valence-electron chi connectivity index (χ3n) is 4.97. The minimum atomic E-state index is -0.377. The van der Waals surface area contributed by atoms with Crippen molar-refractivity contribution >= 4 is 5.91 Å². The van der Waals surface area contributed by atoms with Crippen molar-refractivity contribution in [2.24, 2.45) is 0 Å². The molecule has 1 N–H and O–H groups in total. The van der Waals surface area contributed by atoms with E-state index < -0.39 is 0 Å². The summed E-state index contributed by atoms with van der Waals surface area (Å²) < 4.78 is 21.6. The van der Waals surface area contributed by atoms with Crippen molar-refractivity contribution in [3.8, 4) is 5.75 Å². The first-order valence-electron chi connectivity index (χ1n) is 8.46. The molecule has 0 spiro atoms. The number of carbonyl (C=O) groups excluding carboxylic acids is 1. The van der Waals surface area contributed by atoms with Crippen LogP contribution in [0.2, 0.25) is 0 Å². The van der Waals surface area contributed by atoms with Gasteiger partial charge in [-0.3, -0.25) is 4.79 Å². The summed E-state index contributed by atoms with van der Waals surface area (Å²) in [6.07, 6.45) is 3.01. The van der Waals surface area contributed by atoms with Gasteiger partial charge in [-0.1, -0.05) is 12.1 Å². The van der Waals surface area contributed by atoms with Gasteiger partial charge in [0.05, 0.1) is 18.2 Å². The van der Waals surface area contributed by atoms with Gasteiger partial charge in [-0.05, 0) is 38.8 Å². The van der Waals surface area contributed by atoms with Crippen LogP contribution in [0.4, 0.5) is 4.39 Å². The molecule has 126 valence electrons. The van der Waals surface area contributed by atoms with Crippen LogP contribution in [-0.4, -0.2) is 17.1 Å². The monoisotopic (exact) mass is 328 g/mol. The minimum Gasteiger partial charge on any atom is -0.490 e. The van der Waals surface area contributed by atoms with Crippen molar-refractivity contribution in [3.63, 3.8) is 0 Å². The molecule has 4 nitrogen and oxygen atoms in total. The maximum Gasteiger partial charge on any atom is 0.253 e. The van der Waals surface area contributed by atoms with E-state index in [1.165, 1.54) is 18.9 Å². The van der Waals surface area contributed by atoms with Crippen LogP contribution in [0.25, 0.3) is 0 Å². The molecule has 1 amide bonds. The molecule has 0 saturated heterocycles. The zero-order chi connectivity index (χ0) is 16.8. The maximum atomic E-state index is 13.9. The average Bonchev–Trinajstić information content (AvgIpc) is 3.34. The lowest BCUT2D eigenvalue weighted by atomic mass is 10.00. The Bertz CT molecular complexity index is 808. The Labute approximate surface area is 140 Å². The van der Waals surface area contributed by atoms with Crippen LogP contribution in [-0.2, 0) is 0 Å². The number of fused-ring (bicyclic) bond motifs is 1. The highest BCUT2D eigenvalue weighted by Gasteiger charge is 2.30. The average molecular weight is 328 g/mol. The quantitative estimate of drug-likeness (QED) is 0.930. The first-order chi connectivity index (χ1) is 11.6. The van der Waals surface area contributed by atoms with E-state index in [4.69, 9.17) is 4.74 Å². The van der Waals surface area contributed by atoms with Crippen LogP contribution in [0.1, 0.15) is 58.7 Å². The second-order valence-electron chi connectivity index (χ2n) is 6.71. The van der Waals surface area contributed by atoms with Crippen molar-refractivity contribution in [2.75, 3.05) is 6.61 Å². The van der Waals surface area contributed by atoms with E-state index in [9.17, 15) is 9.18 Å². The zero-order valence-electron chi connectivity index (χ0n) is 13.9. The number of halogens is 1. The number of benzene rings is 1. The van der Waals surface area contributed by atoms with E-state index in [1.54, 1.807) is 6.07 Å². The molecule has 2 aliphatic rings. The summed E-state index contributed by atoms with van der Waals surface area (Å²) in [6.45, 7) is 4.44. The molecule has 1 aliphatic carbocycles. The van der Waals surface area contributed by atoms with Gasteiger partial charge in [0.2, 0.25) is 0 Å². The van der Waals surface area contributed by atoms with E-state index >= 15 is 0 Å². The van der Waals surface area contributed by atoms with E-state index in [0.717, 1.165) is 11.4 Å². The number of hydrogen-bond donors (Lipinski definition) is 1. The van der Waals surface area contributed by atoms with Crippen LogP contribution in [0, 0.1) is 19.7 Å². The van der Waals surface area contributed by atoms with Crippen LogP contribution in [0.3, 0.4) is 0 Å². The van der Waals surface area contributed by atoms with Crippen molar-refractivity contribution in [2.45, 2.75) is 45.2 Å². The first kappa shape index (κ1) is 15.2. The molecule has 5 heteroatoms. The second kappa shape index (κ2) is 5.65. The molecule has 1 fully saturated rings. The lowest BCUT2D eigenvalue weighted by molar-refractivity contribution is 0.0923. The normalized spacial score (nSPS) is 19.5. The number of carbonyl (C=O) groups is 1. The van der Waals surface area contributed by atoms with Gasteiger partial charge in [-0.15, -0.1) is 0 Å². The summed E-state index contributed by atoms with van der Waals surface area (Å²) in [5.41, 5.74) is 3.56. The number of nitrogens with one attached hydrogen (secondary N) is 1. The van der Waals surface area contributed by atoms with Crippen LogP contribution < -0.4 is 10.1 Å². The number of amides is 1. The van der Waals surface area contributed by atoms with Gasteiger partial charge >= 0.3 is 0 Å². The molecule has 0 radical (unpaired) electrons. The Balaban J connectivity index is 1.60. The molecular formula is C19H21FN2O2. The van der Waals surface area contributed by atoms with Gasteiger partial charge < -0.3 is 14.6 Å². The Hall–Kier alpha value is -2.30. The molecule has 1 aromatic carbocycles. The number of rotatable bonds is 3. The van der Waals surface area contributed by atoms with Crippen molar-refractivity contribution in [3.05, 3.63) is 52.6 Å². The van der Waals surface area contributed by atoms with Gasteiger partial charge in [-0.25, -0.2) is 4.39 Å². The van der Waals surface area contributed by atoms with Gasteiger partial charge in [0.15, 0.2) is 11.6 Å². The van der Waals surface area contributed by atoms with Gasteiger partial charge in [0, 0.05) is 29.4 Å². The third kappa shape index (κ3) is 2.48. The summed E-state index contributed by atoms with van der Waals surface area (Å²) in [5.74, 6) is -0.215. The zero-order valence-corrected chi connectivity index (χ0v) is 13.9. The Morgan fingerprint density at radius 3 is 2.83 bits per heavy atom. The second-order valence-corrected chi connectivity index (χ2v) is 6.71. The molecular weight excluding hydrogens is 307 g/mol. The molecule has 1 saturated carbocycles. The Morgan fingerprint density at radius 1 is 1.29 bits per heavy atom. The third-order valence-corrected chi connectivity index (χ3v) is 4.97. The Morgan fingerprint density at radius 2 is 2.08 bits per heavy atom. The predicted octanol–water partition coefficient (Wildman–Crippen LogP) is 3.83. The molecule has 2 aromatic rings. The van der Waals surface area contributed by atoms with E-state index in [0.29, 0.717) is 30.2 Å². The lowest BCUT2D eigenvalue weighted by Crippen LogP contribution is -2.32. The molecule has 2 heterocycles. The topological polar surface area (TPSA) is 43.3 Å². The number of para-hydroxylation sites is 1. The summed E-state index contributed by atoms with van der Waals surface area (Å²) in [4.78, 5) is 12.8. The fourth-order valence-corrected chi connectivity index (χ4v) is 3.67. The molecule has 1 aliphatic heterocycles. The number of nitrogens with zero attached hydrogens (tertiary/aromatic N) is 1. The standard InChI is InChI=1S/C19H21FN2O2/c1-11-10-15(12(2)22(11)13-6-7-13)19(23)21-17-8-9-24-18-14(17)4-3-5-16(18)20/h3-5,10,13,17H,6-9H2,1-2H3,(H,21,23). The van der Waals surface area contributed by atoms with E-state index in [1.807, 2.05) is 26.0 Å². The maximum absolute atomic E-state index is 13.9. The lowest BCUT2D eigenvalue weighted by Gasteiger charge is -2.27. The minimum absolute atomic E-state index is 0.0999. The summed E-state index contributed by atoms with van der Waals surface area (Å²) in [5, 5.41) is 3.06. The summed E-state index contributed by atoms with van der Waals surface area (Å²) >= 11 is 0. The largest absolute Gasteiger partial charge is 0.490 e. The highest BCUT2D eigenvalue weighted by atomic mass is 19.1. The van der Waals surface area contributed by atoms with Crippen molar-refractivity contribution in [1.82, 2.24) is 9.88 Å². The van der Waals surface area contributed by atoms with Crippen LogP contribution in [0.15, 0.2) is 24.3 Å². The molecule has 0 bridgehead atoms. The number of ether oxygens (including phenoxy) is 1. The van der Waals surface area contributed by atoms with Gasteiger partial charge in [0.1, 0.15) is 0 Å². The number of aryl methyl sites for hydroxylation is 1. The van der Waals surface area contributed by atoms with Crippen LogP contribution in [0.5, 0.6) is 5.75 Å².